The quantitative estimate of drug-likeness (QED) is 0.739. The van der Waals surface area contributed by atoms with E-state index in [1.165, 1.54) is 16.4 Å². The number of hydrogen-bond acceptors (Lipinski definition) is 4. The Morgan fingerprint density at radius 2 is 2.08 bits per heavy atom. The SMILES string of the molecule is COCCCNC(=O)C1CCN(S(=O)(=O)c2cccc(Cl)c2)CC1. The monoisotopic (exact) mass is 374 g/mol. The molecule has 1 amide bonds. The number of hydrogen-bond donors (Lipinski definition) is 1. The van der Waals surface area contributed by atoms with Gasteiger partial charge >= 0.3 is 0 Å². The number of carbonyl (C=O) groups is 1. The zero-order valence-corrected chi connectivity index (χ0v) is 15.3. The molecule has 2 rings (SSSR count). The van der Waals surface area contributed by atoms with Gasteiger partial charge in [0.2, 0.25) is 15.9 Å². The van der Waals surface area contributed by atoms with Crippen LogP contribution < -0.4 is 5.32 Å². The molecule has 0 aliphatic carbocycles. The lowest BCUT2D eigenvalue weighted by atomic mass is 9.97. The van der Waals surface area contributed by atoms with Crippen LogP contribution in [0, 0.1) is 5.92 Å². The molecule has 1 fully saturated rings. The molecule has 0 bridgehead atoms. The summed E-state index contributed by atoms with van der Waals surface area (Å²) in [4.78, 5) is 12.3. The molecule has 0 unspecified atom stereocenters. The van der Waals surface area contributed by atoms with E-state index in [1.807, 2.05) is 0 Å². The Labute approximate surface area is 148 Å². The fraction of sp³-hybridized carbons (Fsp3) is 0.562. The summed E-state index contributed by atoms with van der Waals surface area (Å²) in [5.74, 6) is -0.149. The summed E-state index contributed by atoms with van der Waals surface area (Å²) in [5.41, 5.74) is 0. The Bertz CT molecular complexity index is 658. The summed E-state index contributed by atoms with van der Waals surface area (Å²) >= 11 is 5.88. The highest BCUT2D eigenvalue weighted by Gasteiger charge is 2.32. The van der Waals surface area contributed by atoms with E-state index in [-0.39, 0.29) is 16.7 Å². The number of rotatable bonds is 7. The van der Waals surface area contributed by atoms with Gasteiger partial charge in [-0.3, -0.25) is 4.79 Å². The number of nitrogens with one attached hydrogen (secondary N) is 1. The lowest BCUT2D eigenvalue weighted by Crippen LogP contribution is -2.43. The molecule has 24 heavy (non-hydrogen) atoms. The molecule has 1 heterocycles. The van der Waals surface area contributed by atoms with E-state index in [2.05, 4.69) is 5.32 Å². The third kappa shape index (κ3) is 4.92. The number of piperidine rings is 1. The molecule has 0 aromatic heterocycles. The Kier molecular flexibility index (Phi) is 7.03. The minimum atomic E-state index is -3.56. The van der Waals surface area contributed by atoms with Gasteiger partial charge in [0, 0.05) is 44.3 Å². The summed E-state index contributed by atoms with van der Waals surface area (Å²) in [6.07, 6.45) is 1.82. The Balaban J connectivity index is 1.89. The van der Waals surface area contributed by atoms with E-state index in [9.17, 15) is 13.2 Å². The molecule has 6 nitrogen and oxygen atoms in total. The normalized spacial score (nSPS) is 16.9. The molecule has 0 radical (unpaired) electrons. The molecule has 1 saturated heterocycles. The number of methoxy groups -OCH3 is 1. The molecule has 1 aromatic carbocycles. The minimum absolute atomic E-state index is 0.00842. The van der Waals surface area contributed by atoms with E-state index in [4.69, 9.17) is 16.3 Å². The molecule has 1 aliphatic rings. The summed E-state index contributed by atoms with van der Waals surface area (Å²) in [7, 11) is -1.93. The third-order valence-electron chi connectivity index (χ3n) is 4.08. The van der Waals surface area contributed by atoms with Crippen LogP contribution in [0.3, 0.4) is 0 Å². The maximum atomic E-state index is 12.6. The van der Waals surface area contributed by atoms with Gasteiger partial charge in [-0.1, -0.05) is 17.7 Å². The van der Waals surface area contributed by atoms with Gasteiger partial charge in [-0.05, 0) is 37.5 Å². The van der Waals surface area contributed by atoms with Crippen molar-refractivity contribution in [2.75, 3.05) is 33.4 Å². The zero-order chi connectivity index (χ0) is 17.6. The maximum absolute atomic E-state index is 12.6. The van der Waals surface area contributed by atoms with Gasteiger partial charge < -0.3 is 10.1 Å². The van der Waals surface area contributed by atoms with Gasteiger partial charge in [0.05, 0.1) is 4.90 Å². The molecule has 1 aliphatic heterocycles. The smallest absolute Gasteiger partial charge is 0.243 e. The third-order valence-corrected chi connectivity index (χ3v) is 6.21. The number of nitrogens with zero attached hydrogens (tertiary/aromatic N) is 1. The van der Waals surface area contributed by atoms with Crippen LogP contribution in [0.5, 0.6) is 0 Å². The van der Waals surface area contributed by atoms with Crippen LogP contribution in [-0.2, 0) is 19.6 Å². The van der Waals surface area contributed by atoms with Gasteiger partial charge in [-0.25, -0.2) is 8.42 Å². The van der Waals surface area contributed by atoms with Gasteiger partial charge in [0.15, 0.2) is 0 Å². The van der Waals surface area contributed by atoms with Crippen LogP contribution in [0.15, 0.2) is 29.2 Å². The van der Waals surface area contributed by atoms with Crippen molar-refractivity contribution in [3.8, 4) is 0 Å². The number of sulfonamides is 1. The average Bonchev–Trinajstić information content (AvgIpc) is 2.58. The molecule has 1 N–H and O–H groups in total. The van der Waals surface area contributed by atoms with Crippen molar-refractivity contribution in [3.05, 3.63) is 29.3 Å². The highest BCUT2D eigenvalue weighted by molar-refractivity contribution is 7.89. The predicted molar refractivity (Wildman–Crippen MR) is 92.4 cm³/mol. The van der Waals surface area contributed by atoms with E-state index in [1.54, 1.807) is 19.2 Å². The molecule has 0 spiro atoms. The van der Waals surface area contributed by atoms with Crippen LogP contribution >= 0.6 is 11.6 Å². The molecule has 0 atom stereocenters. The average molecular weight is 375 g/mol. The largest absolute Gasteiger partial charge is 0.385 e. The number of halogens is 1. The number of ether oxygens (including phenoxy) is 1. The second-order valence-corrected chi connectivity index (χ2v) is 8.15. The van der Waals surface area contributed by atoms with E-state index >= 15 is 0 Å². The Morgan fingerprint density at radius 3 is 2.71 bits per heavy atom. The van der Waals surface area contributed by atoms with Crippen LogP contribution in [0.4, 0.5) is 0 Å². The fourth-order valence-electron chi connectivity index (χ4n) is 2.71. The molecule has 0 saturated carbocycles. The fourth-order valence-corrected chi connectivity index (χ4v) is 4.48. The van der Waals surface area contributed by atoms with E-state index in [0.717, 1.165) is 6.42 Å². The lowest BCUT2D eigenvalue weighted by molar-refractivity contribution is -0.126. The molecular formula is C16H23ClN2O4S. The molecule has 8 heteroatoms. The highest BCUT2D eigenvalue weighted by Crippen LogP contribution is 2.25. The summed E-state index contributed by atoms with van der Waals surface area (Å²) in [6.45, 7) is 1.86. The van der Waals surface area contributed by atoms with Gasteiger partial charge in [-0.2, -0.15) is 4.31 Å². The van der Waals surface area contributed by atoms with Crippen molar-refractivity contribution < 1.29 is 17.9 Å². The van der Waals surface area contributed by atoms with E-state index < -0.39 is 10.0 Å². The maximum Gasteiger partial charge on any atom is 0.243 e. The number of benzene rings is 1. The highest BCUT2D eigenvalue weighted by atomic mass is 35.5. The summed E-state index contributed by atoms with van der Waals surface area (Å²) in [5, 5.41) is 3.27. The second kappa shape index (κ2) is 8.80. The summed E-state index contributed by atoms with van der Waals surface area (Å²) in [6, 6.07) is 6.25. The van der Waals surface area contributed by atoms with Crippen LogP contribution in [0.1, 0.15) is 19.3 Å². The van der Waals surface area contributed by atoms with Crippen molar-refractivity contribution in [3.63, 3.8) is 0 Å². The molecule has 1 aromatic rings. The van der Waals surface area contributed by atoms with Crippen LogP contribution in [0.2, 0.25) is 5.02 Å². The van der Waals surface area contributed by atoms with Crippen molar-refractivity contribution in [2.24, 2.45) is 5.92 Å². The number of carbonyl (C=O) groups excluding carboxylic acids is 1. The van der Waals surface area contributed by atoms with Gasteiger partial charge in [0.1, 0.15) is 0 Å². The van der Waals surface area contributed by atoms with Crippen LogP contribution in [-0.4, -0.2) is 52.0 Å². The van der Waals surface area contributed by atoms with Gasteiger partial charge in [-0.15, -0.1) is 0 Å². The predicted octanol–water partition coefficient (Wildman–Crippen LogP) is 1.89. The Hall–Kier alpha value is -1.15. The molecular weight excluding hydrogens is 352 g/mol. The second-order valence-electron chi connectivity index (χ2n) is 5.77. The first-order valence-corrected chi connectivity index (χ1v) is 9.79. The number of amides is 1. The molecule has 134 valence electrons. The summed E-state index contributed by atoms with van der Waals surface area (Å²) < 4.78 is 31.6. The topological polar surface area (TPSA) is 75.7 Å². The van der Waals surface area contributed by atoms with Gasteiger partial charge in [0.25, 0.3) is 0 Å². The minimum Gasteiger partial charge on any atom is -0.385 e. The zero-order valence-electron chi connectivity index (χ0n) is 13.7. The first kappa shape index (κ1) is 19.2. The van der Waals surface area contributed by atoms with Crippen molar-refractivity contribution in [1.29, 1.82) is 0 Å². The lowest BCUT2D eigenvalue weighted by Gasteiger charge is -2.30. The first-order valence-electron chi connectivity index (χ1n) is 7.97. The van der Waals surface area contributed by atoms with Crippen molar-refractivity contribution in [1.82, 2.24) is 9.62 Å². The van der Waals surface area contributed by atoms with E-state index in [0.29, 0.717) is 44.1 Å². The van der Waals surface area contributed by atoms with Crippen molar-refractivity contribution in [2.45, 2.75) is 24.2 Å². The van der Waals surface area contributed by atoms with Crippen molar-refractivity contribution >= 4 is 27.5 Å². The standard InChI is InChI=1S/C16H23ClN2O4S/c1-23-11-3-8-18-16(20)13-6-9-19(10-7-13)24(21,22)15-5-2-4-14(17)12-15/h2,4-5,12-13H,3,6-11H2,1H3,(H,18,20). The van der Waals surface area contributed by atoms with Crippen LogP contribution in [0.25, 0.3) is 0 Å². The Morgan fingerprint density at radius 1 is 1.38 bits per heavy atom. The first-order chi connectivity index (χ1) is 11.4.